The second-order valence-electron chi connectivity index (χ2n) is 4.43. The molecule has 1 rings (SSSR count). The van der Waals surface area contributed by atoms with Crippen LogP contribution >= 0.6 is 0 Å². The summed E-state index contributed by atoms with van der Waals surface area (Å²) >= 11 is 0. The molecule has 2 unspecified atom stereocenters. The van der Waals surface area contributed by atoms with E-state index in [1.807, 2.05) is 0 Å². The van der Waals surface area contributed by atoms with E-state index in [1.165, 1.54) is 19.3 Å². The average Bonchev–Trinajstić information content (AvgIpc) is 2.37. The number of hydrogen-bond acceptors (Lipinski definition) is 4. The Morgan fingerprint density at radius 1 is 1.10 bits per heavy atom. The molecule has 1 saturated carbocycles. The number of rotatable bonds is 3. The van der Waals surface area contributed by atoms with Crippen LogP contribution in [0.1, 0.15) is 52.4 Å². The first-order valence-corrected chi connectivity index (χ1v) is 6.42. The molecule has 0 heterocycles. The van der Waals surface area contributed by atoms with Crippen LogP contribution in [0.3, 0.4) is 0 Å². The highest BCUT2D eigenvalue weighted by molar-refractivity contribution is 5.53. The minimum atomic E-state index is -1.83. The largest absolute Gasteiger partial charge is 0.503 e. The van der Waals surface area contributed by atoms with Gasteiger partial charge in [-0.15, -0.1) is 0 Å². The lowest BCUT2D eigenvalue weighted by Gasteiger charge is -2.40. The second kappa shape index (κ2) is 11.3. The van der Waals surface area contributed by atoms with Crippen LogP contribution in [0.4, 0.5) is 9.59 Å². The Morgan fingerprint density at radius 3 is 1.80 bits per heavy atom. The summed E-state index contributed by atoms with van der Waals surface area (Å²) in [6.07, 6.45) is 3.12. The SMILES string of the molecule is CCC1CCCCC1(CC)OO.O=C(O)O.O=C(O)O. The van der Waals surface area contributed by atoms with Crippen LogP contribution < -0.4 is 0 Å². The normalized spacial score (nSPS) is 24.4. The molecule has 0 bridgehead atoms. The maximum absolute atomic E-state index is 8.94. The Morgan fingerprint density at radius 2 is 1.55 bits per heavy atom. The van der Waals surface area contributed by atoms with Gasteiger partial charge in [-0.1, -0.05) is 33.1 Å². The van der Waals surface area contributed by atoms with Crippen molar-refractivity contribution >= 4 is 12.3 Å². The van der Waals surface area contributed by atoms with Crippen LogP contribution in [0, 0.1) is 5.92 Å². The fraction of sp³-hybridized carbons (Fsp3) is 0.833. The van der Waals surface area contributed by atoms with Crippen LogP contribution in [0.15, 0.2) is 0 Å². The third-order valence-corrected chi connectivity index (χ3v) is 3.42. The first kappa shape index (κ1) is 20.8. The van der Waals surface area contributed by atoms with E-state index in [9.17, 15) is 0 Å². The molecule has 1 aliphatic rings. The number of carbonyl (C=O) groups is 2. The lowest BCUT2D eigenvalue weighted by molar-refractivity contribution is -0.345. The van der Waals surface area contributed by atoms with E-state index in [0.29, 0.717) is 5.92 Å². The van der Waals surface area contributed by atoms with Gasteiger partial charge in [0.25, 0.3) is 0 Å². The van der Waals surface area contributed by atoms with Gasteiger partial charge in [0, 0.05) is 0 Å². The molecule has 1 fully saturated rings. The monoisotopic (exact) mass is 296 g/mol. The molecule has 8 nitrogen and oxygen atoms in total. The second-order valence-corrected chi connectivity index (χ2v) is 4.43. The summed E-state index contributed by atoms with van der Waals surface area (Å²) in [5, 5.41) is 36.8. The standard InChI is InChI=1S/C10H20O2.2CH2O3/c1-3-9-7-5-6-8-10(9,4-2)12-11;2*2-1(3)4/h9,11H,3-8H2,1-2H3;2*(H2,2,3,4). The predicted molar refractivity (Wildman–Crippen MR) is 70.3 cm³/mol. The molecule has 0 saturated heterocycles. The molecule has 0 amide bonds. The zero-order valence-electron chi connectivity index (χ0n) is 11.8. The average molecular weight is 296 g/mol. The van der Waals surface area contributed by atoms with Crippen molar-refractivity contribution < 1.29 is 40.2 Å². The molecule has 0 spiro atoms. The Bertz CT molecular complexity index is 255. The molecule has 20 heavy (non-hydrogen) atoms. The third kappa shape index (κ3) is 9.40. The highest BCUT2D eigenvalue weighted by atomic mass is 17.1. The van der Waals surface area contributed by atoms with Crippen molar-refractivity contribution in [2.75, 3.05) is 0 Å². The van der Waals surface area contributed by atoms with Crippen molar-refractivity contribution in [1.29, 1.82) is 0 Å². The minimum Gasteiger partial charge on any atom is -0.450 e. The van der Waals surface area contributed by atoms with Crippen molar-refractivity contribution in [2.45, 2.75) is 58.0 Å². The molecular formula is C12H24O8. The number of carboxylic acid groups (broad SMARTS) is 4. The minimum absolute atomic E-state index is 0.215. The summed E-state index contributed by atoms with van der Waals surface area (Å²) in [6.45, 7) is 4.28. The summed E-state index contributed by atoms with van der Waals surface area (Å²) in [4.78, 5) is 21.8. The zero-order valence-corrected chi connectivity index (χ0v) is 11.8. The quantitative estimate of drug-likeness (QED) is 0.392. The van der Waals surface area contributed by atoms with Crippen molar-refractivity contribution in [1.82, 2.24) is 0 Å². The summed E-state index contributed by atoms with van der Waals surface area (Å²) < 4.78 is 0. The molecule has 0 aliphatic heterocycles. The van der Waals surface area contributed by atoms with E-state index in [1.54, 1.807) is 0 Å². The van der Waals surface area contributed by atoms with Gasteiger partial charge in [-0.05, 0) is 25.2 Å². The van der Waals surface area contributed by atoms with Gasteiger partial charge in [0.1, 0.15) is 5.60 Å². The highest BCUT2D eigenvalue weighted by Gasteiger charge is 2.39. The Labute approximate surface area is 117 Å². The van der Waals surface area contributed by atoms with Crippen molar-refractivity contribution in [2.24, 2.45) is 5.92 Å². The summed E-state index contributed by atoms with van der Waals surface area (Å²) in [5.41, 5.74) is -0.215. The van der Waals surface area contributed by atoms with Crippen LogP contribution in [-0.4, -0.2) is 43.6 Å². The van der Waals surface area contributed by atoms with Gasteiger partial charge in [0.2, 0.25) is 0 Å². The number of hydrogen-bond donors (Lipinski definition) is 5. The molecule has 0 aromatic rings. The molecule has 0 aromatic carbocycles. The maximum atomic E-state index is 8.94. The highest BCUT2D eigenvalue weighted by Crippen LogP contribution is 2.40. The molecular weight excluding hydrogens is 272 g/mol. The van der Waals surface area contributed by atoms with Gasteiger partial charge in [-0.25, -0.2) is 14.5 Å². The van der Waals surface area contributed by atoms with Crippen LogP contribution in [0.25, 0.3) is 0 Å². The first-order chi connectivity index (χ1) is 9.25. The zero-order chi connectivity index (χ0) is 16.2. The molecule has 2 atom stereocenters. The molecule has 120 valence electrons. The Kier molecular flexibility index (Phi) is 11.7. The molecule has 0 radical (unpaired) electrons. The summed E-state index contributed by atoms with van der Waals surface area (Å²) in [6, 6.07) is 0. The third-order valence-electron chi connectivity index (χ3n) is 3.42. The maximum Gasteiger partial charge on any atom is 0.503 e. The van der Waals surface area contributed by atoms with Gasteiger partial charge < -0.3 is 20.4 Å². The van der Waals surface area contributed by atoms with E-state index in [0.717, 1.165) is 19.3 Å². The lowest BCUT2D eigenvalue weighted by atomic mass is 9.72. The van der Waals surface area contributed by atoms with Crippen LogP contribution in [0.2, 0.25) is 0 Å². The summed E-state index contributed by atoms with van der Waals surface area (Å²) in [7, 11) is 0. The fourth-order valence-corrected chi connectivity index (χ4v) is 2.51. The van der Waals surface area contributed by atoms with Crippen molar-refractivity contribution in [3.05, 3.63) is 0 Å². The van der Waals surface area contributed by atoms with Crippen molar-refractivity contribution in [3.8, 4) is 0 Å². The molecule has 5 N–H and O–H groups in total. The van der Waals surface area contributed by atoms with Crippen LogP contribution in [-0.2, 0) is 4.89 Å². The fourth-order valence-electron chi connectivity index (χ4n) is 2.51. The summed E-state index contributed by atoms with van der Waals surface area (Å²) in [5.74, 6) is 0.557. The van der Waals surface area contributed by atoms with Gasteiger partial charge in [0.05, 0.1) is 0 Å². The van der Waals surface area contributed by atoms with E-state index in [-0.39, 0.29) is 5.60 Å². The Hall–Kier alpha value is -1.54. The van der Waals surface area contributed by atoms with E-state index in [4.69, 9.17) is 40.2 Å². The predicted octanol–water partition coefficient (Wildman–Crippen LogP) is 3.67. The van der Waals surface area contributed by atoms with E-state index < -0.39 is 12.3 Å². The first-order valence-electron chi connectivity index (χ1n) is 6.42. The Balaban J connectivity index is 0. The smallest absolute Gasteiger partial charge is 0.450 e. The lowest BCUT2D eigenvalue weighted by Crippen LogP contribution is -2.41. The van der Waals surface area contributed by atoms with Crippen molar-refractivity contribution in [3.63, 3.8) is 0 Å². The van der Waals surface area contributed by atoms with E-state index >= 15 is 0 Å². The van der Waals surface area contributed by atoms with E-state index in [2.05, 4.69) is 13.8 Å². The van der Waals surface area contributed by atoms with Gasteiger partial charge in [-0.3, -0.25) is 5.26 Å². The van der Waals surface area contributed by atoms with Gasteiger partial charge in [-0.2, -0.15) is 0 Å². The molecule has 8 heteroatoms. The molecule has 1 aliphatic carbocycles. The molecule has 0 aromatic heterocycles. The van der Waals surface area contributed by atoms with Crippen LogP contribution in [0.5, 0.6) is 0 Å². The van der Waals surface area contributed by atoms with Gasteiger partial charge >= 0.3 is 12.3 Å². The van der Waals surface area contributed by atoms with Gasteiger partial charge in [0.15, 0.2) is 0 Å². The topological polar surface area (TPSA) is 145 Å².